The van der Waals surface area contributed by atoms with Crippen LogP contribution in [0.2, 0.25) is 0 Å². The highest BCUT2D eigenvalue weighted by Gasteiger charge is 2.23. The molecule has 106 valence electrons. The minimum atomic E-state index is 0.553. The summed E-state index contributed by atoms with van der Waals surface area (Å²) in [5, 5.41) is 3.57. The molecule has 1 N–H and O–H groups in total. The first-order valence-corrected chi connectivity index (χ1v) is 8.22. The average molecular weight is 253 g/mol. The molecule has 0 spiro atoms. The standard InChI is InChI=1S/C16H31NO/c1-2-15-9-5-6-10-16(15)18-12-11-17-13-14-7-3-4-8-14/h14-17H,2-13H2,1H3. The lowest BCUT2D eigenvalue weighted by molar-refractivity contribution is -0.0104. The van der Waals surface area contributed by atoms with Gasteiger partial charge in [-0.05, 0) is 44.1 Å². The maximum Gasteiger partial charge on any atom is 0.0603 e. The Labute approximate surface area is 113 Å². The second-order valence-corrected chi connectivity index (χ2v) is 6.22. The lowest BCUT2D eigenvalue weighted by Crippen LogP contribution is -2.31. The van der Waals surface area contributed by atoms with Crippen LogP contribution in [0.1, 0.15) is 64.7 Å². The molecule has 18 heavy (non-hydrogen) atoms. The highest BCUT2D eigenvalue weighted by Crippen LogP contribution is 2.29. The Balaban J connectivity index is 1.51. The Kier molecular flexibility index (Phi) is 6.50. The third-order valence-corrected chi connectivity index (χ3v) is 4.88. The van der Waals surface area contributed by atoms with Crippen molar-refractivity contribution in [2.75, 3.05) is 19.7 Å². The molecule has 0 aromatic carbocycles. The van der Waals surface area contributed by atoms with Gasteiger partial charge in [0.2, 0.25) is 0 Å². The molecule has 0 amide bonds. The molecule has 0 aromatic heterocycles. The second kappa shape index (κ2) is 8.16. The Hall–Kier alpha value is -0.0800. The van der Waals surface area contributed by atoms with Crippen LogP contribution in [0.3, 0.4) is 0 Å². The summed E-state index contributed by atoms with van der Waals surface area (Å²) in [6, 6.07) is 0. The summed E-state index contributed by atoms with van der Waals surface area (Å²) in [5.74, 6) is 1.77. The molecule has 2 heteroatoms. The van der Waals surface area contributed by atoms with Crippen LogP contribution in [-0.2, 0) is 4.74 Å². The monoisotopic (exact) mass is 253 g/mol. The zero-order chi connectivity index (χ0) is 12.6. The molecule has 2 unspecified atom stereocenters. The average Bonchev–Trinajstić information content (AvgIpc) is 2.92. The summed E-state index contributed by atoms with van der Waals surface area (Å²) in [7, 11) is 0. The summed E-state index contributed by atoms with van der Waals surface area (Å²) >= 11 is 0. The zero-order valence-corrected chi connectivity index (χ0v) is 12.1. The van der Waals surface area contributed by atoms with E-state index in [1.54, 1.807) is 0 Å². The Bertz CT molecular complexity index is 213. The van der Waals surface area contributed by atoms with Gasteiger partial charge in [0, 0.05) is 6.54 Å². The molecule has 2 rings (SSSR count). The van der Waals surface area contributed by atoms with Crippen LogP contribution < -0.4 is 5.32 Å². The van der Waals surface area contributed by atoms with Crippen LogP contribution in [0.25, 0.3) is 0 Å². The van der Waals surface area contributed by atoms with Gasteiger partial charge in [-0.25, -0.2) is 0 Å². The maximum atomic E-state index is 6.09. The summed E-state index contributed by atoms with van der Waals surface area (Å²) < 4.78 is 6.09. The quantitative estimate of drug-likeness (QED) is 0.698. The lowest BCUT2D eigenvalue weighted by atomic mass is 9.85. The number of hydrogen-bond donors (Lipinski definition) is 1. The summed E-state index contributed by atoms with van der Waals surface area (Å²) in [5.41, 5.74) is 0. The van der Waals surface area contributed by atoms with Crippen LogP contribution in [0.4, 0.5) is 0 Å². The summed E-state index contributed by atoms with van der Waals surface area (Å²) in [4.78, 5) is 0. The van der Waals surface area contributed by atoms with E-state index in [4.69, 9.17) is 4.74 Å². The molecule has 2 saturated carbocycles. The highest BCUT2D eigenvalue weighted by atomic mass is 16.5. The molecule has 0 bridgehead atoms. The molecular formula is C16H31NO. The third kappa shape index (κ3) is 4.55. The number of nitrogens with one attached hydrogen (secondary N) is 1. The van der Waals surface area contributed by atoms with Gasteiger partial charge in [-0.15, -0.1) is 0 Å². The van der Waals surface area contributed by atoms with Crippen molar-refractivity contribution in [2.45, 2.75) is 70.8 Å². The van der Waals surface area contributed by atoms with Crippen molar-refractivity contribution in [1.82, 2.24) is 5.32 Å². The fraction of sp³-hybridized carbons (Fsp3) is 1.00. The van der Waals surface area contributed by atoms with Crippen molar-refractivity contribution in [3.63, 3.8) is 0 Å². The van der Waals surface area contributed by atoms with E-state index in [9.17, 15) is 0 Å². The van der Waals surface area contributed by atoms with Crippen molar-refractivity contribution >= 4 is 0 Å². The molecule has 2 nitrogen and oxygen atoms in total. The van der Waals surface area contributed by atoms with E-state index in [1.807, 2.05) is 0 Å². The van der Waals surface area contributed by atoms with Gasteiger partial charge >= 0.3 is 0 Å². The normalized spacial score (nSPS) is 29.8. The first kappa shape index (κ1) is 14.3. The number of ether oxygens (including phenoxy) is 1. The Morgan fingerprint density at radius 2 is 1.72 bits per heavy atom. The smallest absolute Gasteiger partial charge is 0.0603 e. The highest BCUT2D eigenvalue weighted by molar-refractivity contribution is 4.75. The minimum Gasteiger partial charge on any atom is -0.377 e. The maximum absolute atomic E-state index is 6.09. The molecule has 2 aliphatic carbocycles. The molecule has 2 aliphatic rings. The van der Waals surface area contributed by atoms with Gasteiger partial charge in [0.25, 0.3) is 0 Å². The van der Waals surface area contributed by atoms with E-state index in [0.29, 0.717) is 6.10 Å². The molecule has 0 aromatic rings. The predicted octanol–water partition coefficient (Wildman–Crippen LogP) is 3.75. The molecule has 0 aliphatic heterocycles. The van der Waals surface area contributed by atoms with Crippen molar-refractivity contribution in [3.8, 4) is 0 Å². The Morgan fingerprint density at radius 1 is 1.00 bits per heavy atom. The van der Waals surface area contributed by atoms with E-state index < -0.39 is 0 Å². The van der Waals surface area contributed by atoms with Gasteiger partial charge in [-0.1, -0.05) is 39.0 Å². The van der Waals surface area contributed by atoms with Gasteiger partial charge < -0.3 is 10.1 Å². The fourth-order valence-corrected chi connectivity index (χ4v) is 3.66. The lowest BCUT2D eigenvalue weighted by Gasteiger charge is -2.30. The van der Waals surface area contributed by atoms with Crippen LogP contribution in [-0.4, -0.2) is 25.8 Å². The van der Waals surface area contributed by atoms with Crippen LogP contribution in [0, 0.1) is 11.8 Å². The van der Waals surface area contributed by atoms with Crippen LogP contribution in [0.5, 0.6) is 0 Å². The SMILES string of the molecule is CCC1CCCCC1OCCNCC1CCCC1. The molecular weight excluding hydrogens is 222 g/mol. The first-order valence-electron chi connectivity index (χ1n) is 8.22. The third-order valence-electron chi connectivity index (χ3n) is 4.88. The second-order valence-electron chi connectivity index (χ2n) is 6.22. The predicted molar refractivity (Wildman–Crippen MR) is 76.8 cm³/mol. The molecule has 0 radical (unpaired) electrons. The molecule has 0 heterocycles. The van der Waals surface area contributed by atoms with E-state index in [1.165, 1.54) is 64.3 Å². The number of rotatable bonds is 7. The molecule has 2 atom stereocenters. The topological polar surface area (TPSA) is 21.3 Å². The first-order chi connectivity index (χ1) is 8.90. The van der Waals surface area contributed by atoms with Gasteiger partial charge in [-0.2, -0.15) is 0 Å². The van der Waals surface area contributed by atoms with Gasteiger partial charge in [0.05, 0.1) is 12.7 Å². The summed E-state index contributed by atoms with van der Waals surface area (Å²) in [6.07, 6.45) is 13.1. The van der Waals surface area contributed by atoms with Gasteiger partial charge in [0.15, 0.2) is 0 Å². The van der Waals surface area contributed by atoms with Gasteiger partial charge in [0.1, 0.15) is 0 Å². The van der Waals surface area contributed by atoms with Crippen LogP contribution in [0.15, 0.2) is 0 Å². The van der Waals surface area contributed by atoms with Crippen molar-refractivity contribution in [1.29, 1.82) is 0 Å². The van der Waals surface area contributed by atoms with Crippen LogP contribution >= 0.6 is 0 Å². The molecule has 2 fully saturated rings. The zero-order valence-electron chi connectivity index (χ0n) is 12.1. The molecule has 0 saturated heterocycles. The largest absolute Gasteiger partial charge is 0.377 e. The van der Waals surface area contributed by atoms with Crippen molar-refractivity contribution in [3.05, 3.63) is 0 Å². The van der Waals surface area contributed by atoms with E-state index >= 15 is 0 Å². The van der Waals surface area contributed by atoms with E-state index in [2.05, 4.69) is 12.2 Å². The van der Waals surface area contributed by atoms with Crippen molar-refractivity contribution < 1.29 is 4.74 Å². The van der Waals surface area contributed by atoms with E-state index in [-0.39, 0.29) is 0 Å². The summed E-state index contributed by atoms with van der Waals surface area (Å²) in [6.45, 7) is 5.48. The Morgan fingerprint density at radius 3 is 2.50 bits per heavy atom. The van der Waals surface area contributed by atoms with Gasteiger partial charge in [-0.3, -0.25) is 0 Å². The number of hydrogen-bond acceptors (Lipinski definition) is 2. The van der Waals surface area contributed by atoms with E-state index in [0.717, 1.165) is 25.0 Å². The van der Waals surface area contributed by atoms with Crippen molar-refractivity contribution in [2.24, 2.45) is 11.8 Å². The fourth-order valence-electron chi connectivity index (χ4n) is 3.66. The minimum absolute atomic E-state index is 0.553.